The Labute approximate surface area is 217 Å². The van der Waals surface area contributed by atoms with Gasteiger partial charge >= 0.3 is 0 Å². The maximum Gasteiger partial charge on any atom is 0.271 e. The Balaban J connectivity index is 1.53. The predicted octanol–water partition coefficient (Wildman–Crippen LogP) is 3.98. The molecule has 0 saturated carbocycles. The van der Waals surface area contributed by atoms with Gasteiger partial charge in [-0.15, -0.1) is 11.3 Å². The van der Waals surface area contributed by atoms with E-state index in [9.17, 15) is 4.79 Å². The van der Waals surface area contributed by atoms with Crippen molar-refractivity contribution in [2.75, 3.05) is 19.1 Å². The Hall–Kier alpha value is -2.81. The Kier molecular flexibility index (Phi) is 6.86. The molecule has 0 N–H and O–H groups in total. The summed E-state index contributed by atoms with van der Waals surface area (Å²) in [7, 11) is 3.70. The minimum atomic E-state index is 0.0703. The molecule has 2 aromatic carbocycles. The summed E-state index contributed by atoms with van der Waals surface area (Å²) in [4.78, 5) is 16.7. The van der Waals surface area contributed by atoms with Crippen LogP contribution in [0.3, 0.4) is 0 Å². The van der Waals surface area contributed by atoms with Gasteiger partial charge in [-0.05, 0) is 43.2 Å². The molecule has 3 heterocycles. The molecule has 1 aliphatic rings. The monoisotopic (exact) mass is 522 g/mol. The Morgan fingerprint density at radius 1 is 1.17 bits per heavy atom. The number of aryl methyl sites for hydroxylation is 3. The van der Waals surface area contributed by atoms with Gasteiger partial charge in [-0.1, -0.05) is 47.4 Å². The van der Waals surface area contributed by atoms with Gasteiger partial charge in [0, 0.05) is 24.9 Å². The number of fused-ring (bicyclic) bond motifs is 1. The van der Waals surface area contributed by atoms with Crippen LogP contribution >= 0.6 is 34.4 Å². The predicted molar refractivity (Wildman–Crippen MR) is 147 cm³/mol. The summed E-state index contributed by atoms with van der Waals surface area (Å²) in [6.45, 7) is 5.74. The van der Waals surface area contributed by atoms with Gasteiger partial charge in [-0.25, -0.2) is 0 Å². The highest BCUT2D eigenvalue weighted by molar-refractivity contribution is 8.08. The molecule has 0 radical (unpaired) electrons. The molecule has 2 aromatic heterocycles. The normalized spacial score (nSPS) is 15.1. The van der Waals surface area contributed by atoms with Crippen LogP contribution < -0.4 is 29.0 Å². The molecule has 5 rings (SSSR count). The minimum absolute atomic E-state index is 0.0703. The number of thioether (sulfide) groups is 1. The van der Waals surface area contributed by atoms with Gasteiger partial charge in [0.2, 0.25) is 0 Å². The standard InChI is InChI=1S/C27H28N3O2S3/c1-5-30-24(17-23-29(14-15-33-23)13-12-19-9-7-6-8-18(19)2)35-25(26(30)31)27-28(3)21-11-10-20(32-4)16-22(21)34-27/h6-11,14-17H,5,12-13H2,1-4H3/q+1/b27-25+. The average molecular weight is 523 g/mol. The first-order valence-corrected chi connectivity index (χ1v) is 14.1. The van der Waals surface area contributed by atoms with E-state index in [1.165, 1.54) is 11.1 Å². The molecule has 4 aromatic rings. The van der Waals surface area contributed by atoms with E-state index in [1.807, 2.05) is 30.7 Å². The van der Waals surface area contributed by atoms with Crippen molar-refractivity contribution in [3.8, 4) is 5.75 Å². The molecule has 1 aliphatic heterocycles. The van der Waals surface area contributed by atoms with Crippen molar-refractivity contribution in [1.82, 2.24) is 4.57 Å². The molecule has 35 heavy (non-hydrogen) atoms. The van der Waals surface area contributed by atoms with E-state index in [0.29, 0.717) is 6.54 Å². The first kappa shape index (κ1) is 23.9. The third kappa shape index (κ3) is 4.58. The number of hydrogen-bond donors (Lipinski definition) is 0. The fourth-order valence-corrected chi connectivity index (χ4v) is 7.65. The molecule has 8 heteroatoms. The van der Waals surface area contributed by atoms with E-state index in [-0.39, 0.29) is 5.56 Å². The van der Waals surface area contributed by atoms with Gasteiger partial charge < -0.3 is 9.64 Å². The van der Waals surface area contributed by atoms with Crippen molar-refractivity contribution in [1.29, 1.82) is 0 Å². The van der Waals surface area contributed by atoms with Gasteiger partial charge in [0.15, 0.2) is 12.7 Å². The molecule has 0 unspecified atom stereocenters. The summed E-state index contributed by atoms with van der Waals surface area (Å²) in [5.41, 5.74) is 3.86. The molecule has 0 fully saturated rings. The molecular weight excluding hydrogens is 495 g/mol. The number of nitrogens with zero attached hydrogens (tertiary/aromatic N) is 3. The molecular formula is C27H28N3O2S3+. The summed E-state index contributed by atoms with van der Waals surface area (Å²) in [6, 6.07) is 14.6. The summed E-state index contributed by atoms with van der Waals surface area (Å²) < 4.78 is 11.3. The lowest BCUT2D eigenvalue weighted by Crippen LogP contribution is -2.36. The maximum absolute atomic E-state index is 13.5. The molecule has 0 saturated heterocycles. The van der Waals surface area contributed by atoms with E-state index >= 15 is 0 Å². The number of methoxy groups -OCH3 is 1. The second-order valence-corrected chi connectivity index (χ2v) is 11.4. The largest absolute Gasteiger partial charge is 0.497 e. The van der Waals surface area contributed by atoms with Crippen molar-refractivity contribution in [2.45, 2.75) is 38.3 Å². The molecule has 0 spiro atoms. The second kappa shape index (κ2) is 10.0. The van der Waals surface area contributed by atoms with Crippen LogP contribution in [0.1, 0.15) is 23.1 Å². The number of ether oxygens (including phenoxy) is 1. The average Bonchev–Trinajstić information content (AvgIpc) is 3.54. The van der Waals surface area contributed by atoms with Crippen molar-refractivity contribution < 1.29 is 9.30 Å². The lowest BCUT2D eigenvalue weighted by molar-refractivity contribution is -0.693. The quantitative estimate of drug-likeness (QED) is 0.359. The van der Waals surface area contributed by atoms with Crippen LogP contribution in [0.4, 0.5) is 5.69 Å². The van der Waals surface area contributed by atoms with E-state index < -0.39 is 0 Å². The van der Waals surface area contributed by atoms with Gasteiger partial charge in [-0.2, -0.15) is 4.57 Å². The van der Waals surface area contributed by atoms with Gasteiger partial charge in [0.25, 0.3) is 10.6 Å². The van der Waals surface area contributed by atoms with Crippen molar-refractivity contribution in [3.05, 3.63) is 89.7 Å². The summed E-state index contributed by atoms with van der Waals surface area (Å²) in [5, 5.41) is 4.24. The number of benzene rings is 2. The molecule has 180 valence electrons. The van der Waals surface area contributed by atoms with Gasteiger partial charge in [-0.3, -0.25) is 9.36 Å². The highest BCUT2D eigenvalue weighted by atomic mass is 32.2. The Morgan fingerprint density at radius 3 is 2.77 bits per heavy atom. The lowest BCUT2D eigenvalue weighted by Gasteiger charge is -2.12. The smallest absolute Gasteiger partial charge is 0.271 e. The molecule has 0 bridgehead atoms. The van der Waals surface area contributed by atoms with Crippen LogP contribution in [-0.2, 0) is 19.5 Å². The van der Waals surface area contributed by atoms with E-state index in [1.54, 1.807) is 41.5 Å². The second-order valence-electron chi connectivity index (χ2n) is 8.37. The fraction of sp³-hybridized carbons (Fsp3) is 0.259. The topological polar surface area (TPSA) is 38.4 Å². The molecule has 5 nitrogen and oxygen atoms in total. The van der Waals surface area contributed by atoms with Crippen LogP contribution in [0.5, 0.6) is 5.75 Å². The number of hydrogen-bond acceptors (Lipinski definition) is 6. The van der Waals surface area contributed by atoms with Crippen molar-refractivity contribution >= 4 is 51.2 Å². The maximum atomic E-state index is 13.5. The number of thiazole rings is 2. The van der Waals surface area contributed by atoms with E-state index in [0.717, 1.165) is 48.5 Å². The molecule has 0 amide bonds. The molecule has 0 aliphatic carbocycles. The highest BCUT2D eigenvalue weighted by Gasteiger charge is 2.25. The first-order valence-electron chi connectivity index (χ1n) is 11.6. The summed E-state index contributed by atoms with van der Waals surface area (Å²) >= 11 is 4.92. The zero-order valence-electron chi connectivity index (χ0n) is 20.3. The third-order valence-corrected chi connectivity index (χ3v) is 9.62. The summed E-state index contributed by atoms with van der Waals surface area (Å²) in [6.07, 6.45) is 5.28. The van der Waals surface area contributed by atoms with Crippen LogP contribution in [0.2, 0.25) is 0 Å². The highest BCUT2D eigenvalue weighted by Crippen LogP contribution is 2.46. The third-order valence-electron chi connectivity index (χ3n) is 6.31. The zero-order chi connectivity index (χ0) is 24.5. The minimum Gasteiger partial charge on any atom is -0.497 e. The van der Waals surface area contributed by atoms with Crippen molar-refractivity contribution in [2.24, 2.45) is 0 Å². The zero-order valence-corrected chi connectivity index (χ0v) is 22.7. The number of anilines is 1. The summed E-state index contributed by atoms with van der Waals surface area (Å²) in [5.74, 6) is 0.824. The van der Waals surface area contributed by atoms with Crippen LogP contribution in [0.15, 0.2) is 63.7 Å². The van der Waals surface area contributed by atoms with Crippen molar-refractivity contribution in [3.63, 3.8) is 0 Å². The lowest BCUT2D eigenvalue weighted by atomic mass is 10.1. The van der Waals surface area contributed by atoms with Crippen LogP contribution in [-0.4, -0.2) is 18.7 Å². The number of rotatable bonds is 6. The Morgan fingerprint density at radius 2 is 2.00 bits per heavy atom. The van der Waals surface area contributed by atoms with Crippen LogP contribution in [0.25, 0.3) is 11.1 Å². The van der Waals surface area contributed by atoms with Gasteiger partial charge in [0.05, 0.1) is 24.3 Å². The van der Waals surface area contributed by atoms with E-state index in [4.69, 9.17) is 4.74 Å². The first-order chi connectivity index (χ1) is 17.0. The van der Waals surface area contributed by atoms with Gasteiger partial charge in [0.1, 0.15) is 20.0 Å². The fourth-order valence-electron chi connectivity index (χ4n) is 4.28. The SMILES string of the molecule is CCn1c(=O)/c(=C2\Sc3cc(OC)ccc3N2C)s/c1=C\c1scc[n+]1CCc1ccccc1C. The number of aromatic nitrogens is 2. The Bertz CT molecular complexity index is 1560. The van der Waals surface area contributed by atoms with E-state index in [2.05, 4.69) is 64.4 Å². The van der Waals surface area contributed by atoms with Crippen LogP contribution in [0, 0.1) is 6.92 Å². The molecule has 0 atom stereocenters.